The zero-order chi connectivity index (χ0) is 13.2. The van der Waals surface area contributed by atoms with Crippen molar-refractivity contribution in [1.29, 1.82) is 0 Å². The molecule has 0 atom stereocenters. The molecule has 2 aromatic heterocycles. The van der Waals surface area contributed by atoms with E-state index in [1.54, 1.807) is 13.4 Å². The largest absolute Gasteiger partial charge is 0.501 e. The Labute approximate surface area is 115 Å². The fourth-order valence-electron chi connectivity index (χ4n) is 2.15. The summed E-state index contributed by atoms with van der Waals surface area (Å²) in [6.07, 6.45) is 9.24. The van der Waals surface area contributed by atoms with Crippen molar-refractivity contribution in [3.63, 3.8) is 0 Å². The highest BCUT2D eigenvalue weighted by molar-refractivity contribution is 6.33. The molecule has 0 bridgehead atoms. The van der Waals surface area contributed by atoms with Crippen LogP contribution >= 0.6 is 11.6 Å². The van der Waals surface area contributed by atoms with E-state index in [1.807, 2.05) is 10.6 Å². The SMILES string of the molecule is COC1=CC=C(Cn2cnc3c(Cl)ncnc32)CC1. The second kappa shape index (κ2) is 5.01. The van der Waals surface area contributed by atoms with Gasteiger partial charge in [-0.2, -0.15) is 0 Å². The van der Waals surface area contributed by atoms with Crippen LogP contribution in [-0.2, 0) is 11.3 Å². The summed E-state index contributed by atoms with van der Waals surface area (Å²) in [5.41, 5.74) is 2.73. The molecule has 6 heteroatoms. The predicted octanol–water partition coefficient (Wildman–Crippen LogP) is 2.73. The molecule has 0 unspecified atom stereocenters. The Morgan fingerprint density at radius 3 is 2.89 bits per heavy atom. The van der Waals surface area contributed by atoms with Crippen molar-refractivity contribution >= 4 is 22.8 Å². The summed E-state index contributed by atoms with van der Waals surface area (Å²) in [6.45, 7) is 0.761. The third kappa shape index (κ3) is 2.33. The van der Waals surface area contributed by atoms with Gasteiger partial charge in [0.25, 0.3) is 0 Å². The Hall–Kier alpha value is -1.88. The van der Waals surface area contributed by atoms with E-state index in [2.05, 4.69) is 21.0 Å². The summed E-state index contributed by atoms with van der Waals surface area (Å²) in [5, 5.41) is 0.392. The molecule has 0 aromatic carbocycles. The molecule has 0 amide bonds. The van der Waals surface area contributed by atoms with Gasteiger partial charge in [-0.25, -0.2) is 15.0 Å². The van der Waals surface area contributed by atoms with Gasteiger partial charge in [0.15, 0.2) is 10.8 Å². The number of imidazole rings is 1. The van der Waals surface area contributed by atoms with Gasteiger partial charge in [-0.1, -0.05) is 17.7 Å². The first-order valence-corrected chi connectivity index (χ1v) is 6.39. The maximum absolute atomic E-state index is 5.98. The van der Waals surface area contributed by atoms with Gasteiger partial charge in [0.2, 0.25) is 0 Å². The zero-order valence-corrected chi connectivity index (χ0v) is 11.3. The molecule has 0 fully saturated rings. The highest BCUT2D eigenvalue weighted by atomic mass is 35.5. The monoisotopic (exact) mass is 276 g/mol. The van der Waals surface area contributed by atoms with E-state index in [-0.39, 0.29) is 0 Å². The Morgan fingerprint density at radius 1 is 1.26 bits per heavy atom. The number of allylic oxidation sites excluding steroid dienone is 4. The normalized spacial score (nSPS) is 15.3. The highest BCUT2D eigenvalue weighted by Crippen LogP contribution is 2.22. The standard InChI is InChI=1S/C13H13ClN4O/c1-19-10-4-2-9(3-5-10)6-18-8-17-11-12(14)15-7-16-13(11)18/h2,4,7-8H,3,5-6H2,1H3. The van der Waals surface area contributed by atoms with Crippen molar-refractivity contribution in [2.24, 2.45) is 0 Å². The minimum absolute atomic E-state index is 0.392. The topological polar surface area (TPSA) is 52.8 Å². The lowest BCUT2D eigenvalue weighted by Gasteiger charge is -2.14. The quantitative estimate of drug-likeness (QED) is 0.809. The molecule has 2 heterocycles. The van der Waals surface area contributed by atoms with Crippen molar-refractivity contribution in [1.82, 2.24) is 19.5 Å². The van der Waals surface area contributed by atoms with Crippen LogP contribution in [0.1, 0.15) is 12.8 Å². The molecule has 0 aliphatic heterocycles. The van der Waals surface area contributed by atoms with Crippen LogP contribution in [0.2, 0.25) is 5.15 Å². The van der Waals surface area contributed by atoms with Gasteiger partial charge in [0.1, 0.15) is 11.8 Å². The van der Waals surface area contributed by atoms with Gasteiger partial charge in [-0.05, 0) is 18.1 Å². The second-order valence-corrected chi connectivity index (χ2v) is 4.73. The molecule has 0 spiro atoms. The first-order chi connectivity index (χ1) is 9.28. The summed E-state index contributed by atoms with van der Waals surface area (Å²) in [6, 6.07) is 0. The van der Waals surface area contributed by atoms with Crippen LogP contribution in [0.4, 0.5) is 0 Å². The van der Waals surface area contributed by atoms with Crippen LogP contribution in [0, 0.1) is 0 Å². The van der Waals surface area contributed by atoms with Crippen LogP contribution < -0.4 is 0 Å². The molecule has 0 saturated heterocycles. The summed E-state index contributed by atoms with van der Waals surface area (Å²) in [4.78, 5) is 12.4. The number of ether oxygens (including phenoxy) is 1. The number of nitrogens with zero attached hydrogens (tertiary/aromatic N) is 4. The summed E-state index contributed by atoms with van der Waals surface area (Å²) >= 11 is 5.98. The predicted molar refractivity (Wildman–Crippen MR) is 72.7 cm³/mol. The molecule has 0 saturated carbocycles. The average Bonchev–Trinajstić information content (AvgIpc) is 2.84. The van der Waals surface area contributed by atoms with E-state index in [4.69, 9.17) is 16.3 Å². The molecular formula is C13H13ClN4O. The van der Waals surface area contributed by atoms with Gasteiger partial charge in [0.05, 0.1) is 19.2 Å². The maximum atomic E-state index is 5.98. The Balaban J connectivity index is 1.89. The third-order valence-electron chi connectivity index (χ3n) is 3.19. The van der Waals surface area contributed by atoms with Crippen molar-refractivity contribution < 1.29 is 4.74 Å². The Morgan fingerprint density at radius 2 is 2.16 bits per heavy atom. The van der Waals surface area contributed by atoms with Crippen LogP contribution in [0.25, 0.3) is 11.2 Å². The van der Waals surface area contributed by atoms with Gasteiger partial charge in [-0.15, -0.1) is 0 Å². The highest BCUT2D eigenvalue weighted by Gasteiger charge is 2.11. The maximum Gasteiger partial charge on any atom is 0.165 e. The molecule has 98 valence electrons. The molecule has 19 heavy (non-hydrogen) atoms. The van der Waals surface area contributed by atoms with Crippen LogP contribution in [0.5, 0.6) is 0 Å². The Kier molecular flexibility index (Phi) is 3.21. The number of hydrogen-bond acceptors (Lipinski definition) is 4. The molecule has 0 N–H and O–H groups in total. The minimum atomic E-state index is 0.392. The van der Waals surface area contributed by atoms with Gasteiger partial charge < -0.3 is 9.30 Å². The number of methoxy groups -OCH3 is 1. The van der Waals surface area contributed by atoms with E-state index in [0.717, 1.165) is 30.8 Å². The summed E-state index contributed by atoms with van der Waals surface area (Å²) < 4.78 is 7.21. The van der Waals surface area contributed by atoms with Gasteiger partial charge in [-0.3, -0.25) is 0 Å². The molecule has 1 aliphatic rings. The van der Waals surface area contributed by atoms with E-state index in [9.17, 15) is 0 Å². The third-order valence-corrected chi connectivity index (χ3v) is 3.47. The van der Waals surface area contributed by atoms with Crippen molar-refractivity contribution in [3.05, 3.63) is 41.3 Å². The first kappa shape index (κ1) is 12.2. The zero-order valence-electron chi connectivity index (χ0n) is 10.5. The van der Waals surface area contributed by atoms with Gasteiger partial charge in [0, 0.05) is 13.0 Å². The average molecular weight is 277 g/mol. The van der Waals surface area contributed by atoms with Crippen LogP contribution in [0.15, 0.2) is 36.1 Å². The lowest BCUT2D eigenvalue weighted by atomic mass is 10.0. The van der Waals surface area contributed by atoms with E-state index >= 15 is 0 Å². The molecular weight excluding hydrogens is 264 g/mol. The van der Waals surface area contributed by atoms with Crippen LogP contribution in [-0.4, -0.2) is 26.6 Å². The molecule has 0 radical (unpaired) electrons. The first-order valence-electron chi connectivity index (χ1n) is 6.02. The number of rotatable bonds is 3. The second-order valence-electron chi connectivity index (χ2n) is 4.37. The van der Waals surface area contributed by atoms with E-state index in [0.29, 0.717) is 10.7 Å². The fourth-order valence-corrected chi connectivity index (χ4v) is 2.33. The van der Waals surface area contributed by atoms with Crippen LogP contribution in [0.3, 0.4) is 0 Å². The van der Waals surface area contributed by atoms with Crippen molar-refractivity contribution in [2.75, 3.05) is 7.11 Å². The number of hydrogen-bond donors (Lipinski definition) is 0. The van der Waals surface area contributed by atoms with Crippen molar-refractivity contribution in [2.45, 2.75) is 19.4 Å². The minimum Gasteiger partial charge on any atom is -0.501 e. The molecule has 5 nitrogen and oxygen atoms in total. The van der Waals surface area contributed by atoms with E-state index < -0.39 is 0 Å². The summed E-state index contributed by atoms with van der Waals surface area (Å²) in [7, 11) is 1.70. The van der Waals surface area contributed by atoms with Crippen molar-refractivity contribution in [3.8, 4) is 0 Å². The fraction of sp³-hybridized carbons (Fsp3) is 0.308. The number of aromatic nitrogens is 4. The molecule has 3 rings (SSSR count). The summed E-state index contributed by atoms with van der Waals surface area (Å²) in [5.74, 6) is 1.02. The molecule has 1 aliphatic carbocycles. The smallest absolute Gasteiger partial charge is 0.165 e. The Bertz CT molecular complexity index is 674. The number of fused-ring (bicyclic) bond motifs is 1. The van der Waals surface area contributed by atoms with Gasteiger partial charge >= 0.3 is 0 Å². The lowest BCUT2D eigenvalue weighted by molar-refractivity contribution is 0.275. The lowest BCUT2D eigenvalue weighted by Crippen LogP contribution is -2.04. The molecule has 2 aromatic rings. The number of halogens is 1. The van der Waals surface area contributed by atoms with E-state index in [1.165, 1.54) is 11.9 Å².